The van der Waals surface area contributed by atoms with Crippen LogP contribution in [0.1, 0.15) is 11.1 Å². The van der Waals surface area contributed by atoms with E-state index in [1.54, 1.807) is 24.3 Å². The normalized spacial score (nSPS) is 11.3. The molecule has 0 saturated heterocycles. The molecule has 0 unspecified atom stereocenters. The Morgan fingerprint density at radius 3 is 1.42 bits per heavy atom. The fourth-order valence-corrected chi connectivity index (χ4v) is 0.801. The third kappa shape index (κ3) is 2.09. The number of rotatable bonds is 2. The van der Waals surface area contributed by atoms with Crippen molar-refractivity contribution in [3.05, 3.63) is 35.4 Å². The second kappa shape index (κ2) is 4.12. The van der Waals surface area contributed by atoms with Crippen LogP contribution in [-0.2, 0) is 0 Å². The molecule has 0 heterocycles. The van der Waals surface area contributed by atoms with E-state index in [0.717, 1.165) is 11.1 Å². The van der Waals surface area contributed by atoms with Crippen LogP contribution in [0.25, 0.3) is 0 Å². The maximum Gasteiger partial charge on any atom is 0.0733 e. The average molecular weight is 164 g/mol. The number of nitrogens with zero attached hydrogens (tertiary/aromatic N) is 2. The molecule has 0 amide bonds. The highest BCUT2D eigenvalue weighted by molar-refractivity contribution is 5.83. The van der Waals surface area contributed by atoms with E-state index in [1.165, 1.54) is 12.4 Å². The van der Waals surface area contributed by atoms with E-state index in [4.69, 9.17) is 10.4 Å². The lowest BCUT2D eigenvalue weighted by Crippen LogP contribution is -1.83. The number of hydrogen-bond acceptors (Lipinski definition) is 4. The fourth-order valence-electron chi connectivity index (χ4n) is 0.801. The summed E-state index contributed by atoms with van der Waals surface area (Å²) in [6, 6.07) is 6.99. The summed E-state index contributed by atoms with van der Waals surface area (Å²) >= 11 is 0. The van der Waals surface area contributed by atoms with Crippen molar-refractivity contribution in [2.45, 2.75) is 0 Å². The van der Waals surface area contributed by atoms with Crippen LogP contribution >= 0.6 is 0 Å². The minimum Gasteiger partial charge on any atom is -0.411 e. The molecule has 0 saturated carbocycles. The van der Waals surface area contributed by atoms with Gasteiger partial charge in [-0.05, 0) is 11.1 Å². The van der Waals surface area contributed by atoms with E-state index in [1.807, 2.05) is 0 Å². The number of oxime groups is 2. The van der Waals surface area contributed by atoms with Crippen LogP contribution in [0.5, 0.6) is 0 Å². The van der Waals surface area contributed by atoms with Gasteiger partial charge in [-0.3, -0.25) is 0 Å². The van der Waals surface area contributed by atoms with Gasteiger partial charge in [0.1, 0.15) is 0 Å². The van der Waals surface area contributed by atoms with E-state index in [9.17, 15) is 0 Å². The highest BCUT2D eigenvalue weighted by Crippen LogP contribution is 1.99. The zero-order valence-corrected chi connectivity index (χ0v) is 6.25. The Hall–Kier alpha value is -1.84. The second-order valence-electron chi connectivity index (χ2n) is 2.16. The highest BCUT2D eigenvalue weighted by Gasteiger charge is 1.88. The van der Waals surface area contributed by atoms with E-state index in [2.05, 4.69) is 10.3 Å². The second-order valence-corrected chi connectivity index (χ2v) is 2.16. The van der Waals surface area contributed by atoms with Crippen molar-refractivity contribution in [3.8, 4) is 0 Å². The van der Waals surface area contributed by atoms with Crippen LogP contribution in [0.2, 0.25) is 0 Å². The molecule has 0 aliphatic heterocycles. The minimum absolute atomic E-state index is 0.785. The summed E-state index contributed by atoms with van der Waals surface area (Å²) in [6.45, 7) is 0. The average Bonchev–Trinajstić information content (AvgIpc) is 2.09. The van der Waals surface area contributed by atoms with E-state index in [0.29, 0.717) is 0 Å². The number of hydrogen-bond donors (Lipinski definition) is 2. The standard InChI is InChI=1S/C8H8N2O2/c11-9-5-7-1-2-8(4-3-7)6-10-12/h1-6,11-12H. The predicted octanol–water partition coefficient (Wildman–Crippen LogP) is 1.30. The Labute approximate surface area is 69.4 Å². The molecule has 1 rings (SSSR count). The molecule has 0 fully saturated rings. The zero-order chi connectivity index (χ0) is 8.81. The van der Waals surface area contributed by atoms with Gasteiger partial charge in [-0.2, -0.15) is 0 Å². The van der Waals surface area contributed by atoms with Crippen molar-refractivity contribution in [1.29, 1.82) is 0 Å². The Balaban J connectivity index is 2.85. The summed E-state index contributed by atoms with van der Waals surface area (Å²) in [5.74, 6) is 0. The third-order valence-electron chi connectivity index (χ3n) is 1.35. The lowest BCUT2D eigenvalue weighted by molar-refractivity contribution is 0.321. The molecule has 0 atom stereocenters. The third-order valence-corrected chi connectivity index (χ3v) is 1.35. The lowest BCUT2D eigenvalue weighted by atomic mass is 10.2. The molecule has 1 aromatic carbocycles. The van der Waals surface area contributed by atoms with E-state index >= 15 is 0 Å². The topological polar surface area (TPSA) is 65.2 Å². The molecule has 62 valence electrons. The highest BCUT2D eigenvalue weighted by atomic mass is 16.4. The SMILES string of the molecule is ON=Cc1ccc(C=NO)cc1. The van der Waals surface area contributed by atoms with Gasteiger partial charge in [0.15, 0.2) is 0 Å². The van der Waals surface area contributed by atoms with Gasteiger partial charge >= 0.3 is 0 Å². The maximum atomic E-state index is 8.20. The summed E-state index contributed by atoms with van der Waals surface area (Å²) in [4.78, 5) is 0. The summed E-state index contributed by atoms with van der Waals surface area (Å²) in [5.41, 5.74) is 1.57. The fraction of sp³-hybridized carbons (Fsp3) is 0. The monoisotopic (exact) mass is 164 g/mol. The quantitative estimate of drug-likeness (QED) is 0.393. The predicted molar refractivity (Wildman–Crippen MR) is 45.2 cm³/mol. The molecule has 1 aromatic rings. The molecule has 4 heteroatoms. The lowest BCUT2D eigenvalue weighted by Gasteiger charge is -1.92. The van der Waals surface area contributed by atoms with Crippen LogP contribution in [0.3, 0.4) is 0 Å². The van der Waals surface area contributed by atoms with Crippen molar-refractivity contribution in [1.82, 2.24) is 0 Å². The first-order valence-electron chi connectivity index (χ1n) is 3.32. The van der Waals surface area contributed by atoms with Crippen molar-refractivity contribution in [2.75, 3.05) is 0 Å². The Morgan fingerprint density at radius 2 is 1.17 bits per heavy atom. The van der Waals surface area contributed by atoms with Crippen LogP contribution in [0.15, 0.2) is 34.6 Å². The van der Waals surface area contributed by atoms with Gasteiger partial charge in [-0.1, -0.05) is 34.6 Å². The molecule has 0 spiro atoms. The van der Waals surface area contributed by atoms with Crippen molar-refractivity contribution >= 4 is 12.4 Å². The maximum absolute atomic E-state index is 8.20. The van der Waals surface area contributed by atoms with Crippen LogP contribution < -0.4 is 0 Å². The molecule has 4 nitrogen and oxygen atoms in total. The molecule has 0 aromatic heterocycles. The zero-order valence-electron chi connectivity index (χ0n) is 6.25. The van der Waals surface area contributed by atoms with Gasteiger partial charge < -0.3 is 10.4 Å². The van der Waals surface area contributed by atoms with Gasteiger partial charge in [0.25, 0.3) is 0 Å². The van der Waals surface area contributed by atoms with Crippen LogP contribution in [0.4, 0.5) is 0 Å². The van der Waals surface area contributed by atoms with Gasteiger partial charge in [0.05, 0.1) is 12.4 Å². The summed E-state index contributed by atoms with van der Waals surface area (Å²) in [6.07, 6.45) is 2.64. The molecule has 0 aliphatic rings. The Bertz CT molecular complexity index is 259. The van der Waals surface area contributed by atoms with Gasteiger partial charge in [-0.15, -0.1) is 0 Å². The molecule has 0 bridgehead atoms. The van der Waals surface area contributed by atoms with E-state index < -0.39 is 0 Å². The Kier molecular flexibility index (Phi) is 2.84. The molecule has 12 heavy (non-hydrogen) atoms. The van der Waals surface area contributed by atoms with Crippen molar-refractivity contribution in [3.63, 3.8) is 0 Å². The van der Waals surface area contributed by atoms with Crippen LogP contribution in [-0.4, -0.2) is 22.8 Å². The first-order chi connectivity index (χ1) is 5.86. The largest absolute Gasteiger partial charge is 0.411 e. The smallest absolute Gasteiger partial charge is 0.0733 e. The van der Waals surface area contributed by atoms with Crippen molar-refractivity contribution in [2.24, 2.45) is 10.3 Å². The van der Waals surface area contributed by atoms with Gasteiger partial charge in [0, 0.05) is 0 Å². The summed E-state index contributed by atoms with van der Waals surface area (Å²) in [5, 5.41) is 22.1. The molecular weight excluding hydrogens is 156 g/mol. The molecule has 2 N–H and O–H groups in total. The van der Waals surface area contributed by atoms with Crippen LogP contribution in [0, 0.1) is 0 Å². The number of benzene rings is 1. The van der Waals surface area contributed by atoms with Gasteiger partial charge in [0.2, 0.25) is 0 Å². The molecule has 0 aliphatic carbocycles. The van der Waals surface area contributed by atoms with Crippen molar-refractivity contribution < 1.29 is 10.4 Å². The summed E-state index contributed by atoms with van der Waals surface area (Å²) < 4.78 is 0. The first kappa shape index (κ1) is 8.26. The van der Waals surface area contributed by atoms with Gasteiger partial charge in [-0.25, -0.2) is 0 Å². The van der Waals surface area contributed by atoms with E-state index in [-0.39, 0.29) is 0 Å². The molecular formula is C8H8N2O2. The molecule has 0 radical (unpaired) electrons. The minimum atomic E-state index is 0.785. The first-order valence-corrected chi connectivity index (χ1v) is 3.32. The Morgan fingerprint density at radius 1 is 0.833 bits per heavy atom. The summed E-state index contributed by atoms with van der Waals surface area (Å²) in [7, 11) is 0.